The first-order valence-electron chi connectivity index (χ1n) is 3.16. The Morgan fingerprint density at radius 2 is 2.00 bits per heavy atom. The summed E-state index contributed by atoms with van der Waals surface area (Å²) in [5, 5.41) is -0.181. The molecular formula is C6H14O2S2. The fourth-order valence-corrected chi connectivity index (χ4v) is 1.78. The second-order valence-electron chi connectivity index (χ2n) is 2.42. The number of sulfone groups is 1. The average molecular weight is 182 g/mol. The molecule has 1 unspecified atom stereocenters. The van der Waals surface area contributed by atoms with E-state index in [4.69, 9.17) is 0 Å². The lowest BCUT2D eigenvalue weighted by molar-refractivity contribution is 0.587. The predicted octanol–water partition coefficient (Wildman–Crippen LogP) is 1.17. The summed E-state index contributed by atoms with van der Waals surface area (Å²) in [7, 11) is -2.79. The molecule has 0 aromatic carbocycles. The highest BCUT2D eigenvalue weighted by atomic mass is 32.2. The molecular weight excluding hydrogens is 168 g/mol. The molecule has 0 radical (unpaired) electrons. The monoisotopic (exact) mass is 182 g/mol. The Kier molecular flexibility index (Phi) is 4.36. The predicted molar refractivity (Wildman–Crippen MR) is 47.3 cm³/mol. The van der Waals surface area contributed by atoms with E-state index in [9.17, 15) is 8.42 Å². The van der Waals surface area contributed by atoms with Gasteiger partial charge in [0.1, 0.15) is 9.84 Å². The Morgan fingerprint density at radius 1 is 1.50 bits per heavy atom. The molecule has 10 heavy (non-hydrogen) atoms. The molecule has 0 rings (SSSR count). The number of rotatable bonds is 4. The molecule has 0 amide bonds. The lowest BCUT2D eigenvalue weighted by Gasteiger charge is -2.06. The van der Waals surface area contributed by atoms with E-state index in [-0.39, 0.29) is 5.25 Å². The van der Waals surface area contributed by atoms with Gasteiger partial charge in [-0.15, -0.1) is 0 Å². The van der Waals surface area contributed by atoms with Gasteiger partial charge in [-0.3, -0.25) is 0 Å². The van der Waals surface area contributed by atoms with Gasteiger partial charge in [-0.1, -0.05) is 0 Å². The van der Waals surface area contributed by atoms with E-state index in [1.165, 1.54) is 6.26 Å². The first-order valence-corrected chi connectivity index (χ1v) is 6.51. The van der Waals surface area contributed by atoms with Gasteiger partial charge in [0.05, 0.1) is 5.25 Å². The van der Waals surface area contributed by atoms with Crippen molar-refractivity contribution in [2.45, 2.75) is 18.6 Å². The largest absolute Gasteiger partial charge is 0.229 e. The zero-order chi connectivity index (χ0) is 8.20. The first kappa shape index (κ1) is 10.3. The van der Waals surface area contributed by atoms with Crippen molar-refractivity contribution in [1.82, 2.24) is 0 Å². The maximum atomic E-state index is 10.8. The van der Waals surface area contributed by atoms with Gasteiger partial charge >= 0.3 is 0 Å². The van der Waals surface area contributed by atoms with E-state index >= 15 is 0 Å². The van der Waals surface area contributed by atoms with Gasteiger partial charge in [-0.2, -0.15) is 11.8 Å². The second-order valence-corrected chi connectivity index (χ2v) is 5.87. The van der Waals surface area contributed by atoms with Crippen LogP contribution in [-0.4, -0.2) is 31.9 Å². The Bertz CT molecular complexity index is 172. The van der Waals surface area contributed by atoms with E-state index in [1.807, 2.05) is 6.26 Å². The van der Waals surface area contributed by atoms with Crippen molar-refractivity contribution in [3.63, 3.8) is 0 Å². The van der Waals surface area contributed by atoms with Crippen LogP contribution in [0.15, 0.2) is 0 Å². The van der Waals surface area contributed by atoms with Crippen molar-refractivity contribution in [2.24, 2.45) is 0 Å². The summed E-state index contributed by atoms with van der Waals surface area (Å²) in [5.74, 6) is 0.925. The smallest absolute Gasteiger partial charge is 0.150 e. The Labute approximate surface area is 67.3 Å². The van der Waals surface area contributed by atoms with Gasteiger partial charge < -0.3 is 0 Å². The van der Waals surface area contributed by atoms with Crippen molar-refractivity contribution < 1.29 is 8.42 Å². The van der Waals surface area contributed by atoms with Gasteiger partial charge in [0.25, 0.3) is 0 Å². The molecule has 0 aliphatic heterocycles. The molecule has 1 atom stereocenters. The lowest BCUT2D eigenvalue weighted by Crippen LogP contribution is -2.16. The first-order chi connectivity index (χ1) is 4.48. The van der Waals surface area contributed by atoms with Crippen LogP contribution in [0.2, 0.25) is 0 Å². The summed E-state index contributed by atoms with van der Waals surface area (Å²) in [6.07, 6.45) is 4.03. The van der Waals surface area contributed by atoms with Crippen molar-refractivity contribution in [3.05, 3.63) is 0 Å². The number of hydrogen-bond acceptors (Lipinski definition) is 3. The molecule has 4 heteroatoms. The second kappa shape index (κ2) is 4.23. The van der Waals surface area contributed by atoms with Crippen LogP contribution >= 0.6 is 11.8 Å². The van der Waals surface area contributed by atoms with Crippen LogP contribution in [0.5, 0.6) is 0 Å². The van der Waals surface area contributed by atoms with Gasteiger partial charge in [0.2, 0.25) is 0 Å². The maximum absolute atomic E-state index is 10.8. The topological polar surface area (TPSA) is 34.1 Å². The molecule has 0 N–H and O–H groups in total. The Balaban J connectivity index is 3.75. The molecule has 0 saturated carbocycles. The molecule has 62 valence electrons. The van der Waals surface area contributed by atoms with Crippen LogP contribution in [-0.2, 0) is 9.84 Å². The van der Waals surface area contributed by atoms with Crippen molar-refractivity contribution in [3.8, 4) is 0 Å². The zero-order valence-corrected chi connectivity index (χ0v) is 8.26. The highest BCUT2D eigenvalue weighted by Gasteiger charge is 2.12. The quantitative estimate of drug-likeness (QED) is 0.654. The third-order valence-electron chi connectivity index (χ3n) is 1.46. The zero-order valence-electron chi connectivity index (χ0n) is 6.62. The molecule has 0 fully saturated rings. The SMILES string of the molecule is CSCCC(C)S(C)(=O)=O. The minimum atomic E-state index is -2.79. The molecule has 0 aromatic rings. The minimum Gasteiger partial charge on any atom is -0.229 e. The van der Waals surface area contributed by atoms with Crippen molar-refractivity contribution in [2.75, 3.05) is 18.3 Å². The fourth-order valence-electron chi connectivity index (χ4n) is 0.498. The van der Waals surface area contributed by atoms with Crippen LogP contribution in [0.1, 0.15) is 13.3 Å². The van der Waals surface area contributed by atoms with E-state index in [1.54, 1.807) is 18.7 Å². The average Bonchev–Trinajstić information content (AvgIpc) is 1.80. The summed E-state index contributed by atoms with van der Waals surface area (Å²) in [4.78, 5) is 0. The van der Waals surface area contributed by atoms with Gasteiger partial charge in [0, 0.05) is 6.26 Å². The summed E-state index contributed by atoms with van der Waals surface area (Å²) in [6, 6.07) is 0. The van der Waals surface area contributed by atoms with Gasteiger partial charge in [-0.05, 0) is 25.4 Å². The van der Waals surface area contributed by atoms with E-state index in [0.29, 0.717) is 0 Å². The Hall–Kier alpha value is 0.300. The third-order valence-corrected chi connectivity index (χ3v) is 3.80. The maximum Gasteiger partial charge on any atom is 0.150 e. The third kappa shape index (κ3) is 4.17. The van der Waals surface area contributed by atoms with Gasteiger partial charge in [0.15, 0.2) is 0 Å². The minimum absolute atomic E-state index is 0.181. The molecule has 0 aliphatic carbocycles. The number of thioether (sulfide) groups is 1. The molecule has 0 spiro atoms. The van der Waals surface area contributed by atoms with Crippen LogP contribution in [0.3, 0.4) is 0 Å². The highest BCUT2D eigenvalue weighted by Crippen LogP contribution is 2.06. The van der Waals surface area contributed by atoms with E-state index in [2.05, 4.69) is 0 Å². The van der Waals surface area contributed by atoms with Crippen LogP contribution in [0, 0.1) is 0 Å². The van der Waals surface area contributed by atoms with Crippen LogP contribution < -0.4 is 0 Å². The highest BCUT2D eigenvalue weighted by molar-refractivity contribution is 7.98. The summed E-state index contributed by atoms with van der Waals surface area (Å²) in [6.45, 7) is 1.76. The fraction of sp³-hybridized carbons (Fsp3) is 1.00. The van der Waals surface area contributed by atoms with E-state index in [0.717, 1.165) is 12.2 Å². The summed E-state index contributed by atoms with van der Waals surface area (Å²) in [5.41, 5.74) is 0. The van der Waals surface area contributed by atoms with Gasteiger partial charge in [-0.25, -0.2) is 8.42 Å². The van der Waals surface area contributed by atoms with E-state index < -0.39 is 9.84 Å². The summed E-state index contributed by atoms with van der Waals surface area (Å²) >= 11 is 1.68. The summed E-state index contributed by atoms with van der Waals surface area (Å²) < 4.78 is 21.7. The molecule has 0 aromatic heterocycles. The molecule has 0 heterocycles. The lowest BCUT2D eigenvalue weighted by atomic mass is 10.4. The molecule has 0 bridgehead atoms. The van der Waals surface area contributed by atoms with Crippen LogP contribution in [0.4, 0.5) is 0 Å². The number of hydrogen-bond donors (Lipinski definition) is 0. The van der Waals surface area contributed by atoms with Crippen LogP contribution in [0.25, 0.3) is 0 Å². The van der Waals surface area contributed by atoms with Crippen molar-refractivity contribution in [1.29, 1.82) is 0 Å². The Morgan fingerprint density at radius 3 is 2.30 bits per heavy atom. The molecule has 2 nitrogen and oxygen atoms in total. The molecule has 0 aliphatic rings. The normalized spacial score (nSPS) is 15.1. The molecule has 0 saturated heterocycles. The standard InChI is InChI=1S/C6H14O2S2/c1-6(4-5-9-2)10(3,7)8/h6H,4-5H2,1-3H3. The van der Waals surface area contributed by atoms with Crippen molar-refractivity contribution >= 4 is 21.6 Å².